The zero-order valence-electron chi connectivity index (χ0n) is 10.4. The molecule has 1 aromatic rings. The van der Waals surface area contributed by atoms with Gasteiger partial charge in [0.1, 0.15) is 0 Å². The van der Waals surface area contributed by atoms with Gasteiger partial charge in [-0.05, 0) is 43.0 Å². The Morgan fingerprint density at radius 1 is 1.31 bits per heavy atom. The van der Waals surface area contributed by atoms with Crippen molar-refractivity contribution in [2.24, 2.45) is 5.73 Å². The number of hydrogen-bond donors (Lipinski definition) is 2. The molecule has 1 unspecified atom stereocenters. The number of carbonyl (C=O) groups is 1. The molecule has 16 heavy (non-hydrogen) atoms. The summed E-state index contributed by atoms with van der Waals surface area (Å²) < 4.78 is 0. The molecule has 0 heterocycles. The van der Waals surface area contributed by atoms with E-state index in [1.165, 1.54) is 16.7 Å². The highest BCUT2D eigenvalue weighted by atomic mass is 16.1. The molecule has 0 saturated heterocycles. The first kappa shape index (κ1) is 12.7. The molecule has 0 spiro atoms. The molecule has 0 fully saturated rings. The van der Waals surface area contributed by atoms with Gasteiger partial charge in [-0.15, -0.1) is 0 Å². The summed E-state index contributed by atoms with van der Waals surface area (Å²) in [7, 11) is 1.63. The lowest BCUT2D eigenvalue weighted by Crippen LogP contribution is -2.24. The number of carbonyl (C=O) groups excluding carboxylic acids is 1. The molecule has 1 rings (SSSR count). The van der Waals surface area contributed by atoms with E-state index in [0.717, 1.165) is 5.56 Å². The fourth-order valence-corrected chi connectivity index (χ4v) is 1.79. The van der Waals surface area contributed by atoms with Gasteiger partial charge in [0.15, 0.2) is 0 Å². The van der Waals surface area contributed by atoms with Crippen molar-refractivity contribution in [2.45, 2.75) is 33.2 Å². The average molecular weight is 220 g/mol. The molecule has 0 bridgehead atoms. The number of aryl methyl sites for hydroxylation is 1. The highest BCUT2D eigenvalue weighted by molar-refractivity contribution is 5.76. The Morgan fingerprint density at radius 3 is 2.50 bits per heavy atom. The average Bonchev–Trinajstić information content (AvgIpc) is 2.25. The first-order valence-corrected chi connectivity index (χ1v) is 5.50. The van der Waals surface area contributed by atoms with Crippen LogP contribution in [0.1, 0.15) is 34.7 Å². The van der Waals surface area contributed by atoms with Crippen LogP contribution in [0.5, 0.6) is 0 Å². The third-order valence-corrected chi connectivity index (χ3v) is 3.18. The summed E-state index contributed by atoms with van der Waals surface area (Å²) in [5, 5.41) is 2.59. The predicted molar refractivity (Wildman–Crippen MR) is 66.3 cm³/mol. The van der Waals surface area contributed by atoms with Gasteiger partial charge in [-0.3, -0.25) is 4.79 Å². The van der Waals surface area contributed by atoms with Crippen LogP contribution >= 0.6 is 0 Å². The number of nitrogens with two attached hydrogens (primary N) is 1. The summed E-state index contributed by atoms with van der Waals surface area (Å²) in [4.78, 5) is 11.3. The second kappa shape index (κ2) is 5.12. The second-order valence-corrected chi connectivity index (χ2v) is 4.21. The highest BCUT2D eigenvalue weighted by Gasteiger charge is 2.14. The minimum atomic E-state index is -0.223. The van der Waals surface area contributed by atoms with Crippen LogP contribution in [0.2, 0.25) is 0 Å². The summed E-state index contributed by atoms with van der Waals surface area (Å²) in [6, 6.07) is 3.85. The number of nitrogens with one attached hydrogen (secondary N) is 1. The summed E-state index contributed by atoms with van der Waals surface area (Å²) in [6.07, 6.45) is 0.333. The molecule has 1 atom stereocenters. The highest BCUT2D eigenvalue weighted by Crippen LogP contribution is 2.23. The third kappa shape index (κ3) is 2.61. The van der Waals surface area contributed by atoms with Gasteiger partial charge in [0.2, 0.25) is 5.91 Å². The smallest absolute Gasteiger partial charge is 0.221 e. The first-order chi connectivity index (χ1) is 7.47. The van der Waals surface area contributed by atoms with Crippen molar-refractivity contribution in [3.8, 4) is 0 Å². The lowest BCUT2D eigenvalue weighted by Gasteiger charge is -2.17. The Kier molecular flexibility index (Phi) is 4.07. The summed E-state index contributed by atoms with van der Waals surface area (Å²) in [6.45, 7) is 6.22. The quantitative estimate of drug-likeness (QED) is 0.815. The van der Waals surface area contributed by atoms with Crippen molar-refractivity contribution in [1.29, 1.82) is 0 Å². The van der Waals surface area contributed by atoms with E-state index in [0.29, 0.717) is 6.42 Å². The minimum Gasteiger partial charge on any atom is -0.359 e. The van der Waals surface area contributed by atoms with E-state index in [4.69, 9.17) is 5.73 Å². The second-order valence-electron chi connectivity index (χ2n) is 4.21. The number of rotatable bonds is 3. The van der Waals surface area contributed by atoms with E-state index in [1.807, 2.05) is 6.07 Å². The van der Waals surface area contributed by atoms with Gasteiger partial charge < -0.3 is 11.1 Å². The maximum atomic E-state index is 11.3. The van der Waals surface area contributed by atoms with Crippen LogP contribution in [0.25, 0.3) is 0 Å². The SMILES string of the molecule is CNC(=O)CC(N)c1ccc(C)c(C)c1C. The van der Waals surface area contributed by atoms with E-state index in [2.05, 4.69) is 32.2 Å². The number of hydrogen-bond acceptors (Lipinski definition) is 2. The number of amides is 1. The van der Waals surface area contributed by atoms with Gasteiger partial charge in [0, 0.05) is 19.5 Å². The molecule has 3 heteroatoms. The number of benzene rings is 1. The van der Waals surface area contributed by atoms with E-state index < -0.39 is 0 Å². The molecule has 3 N–H and O–H groups in total. The molecular formula is C13H20N2O. The van der Waals surface area contributed by atoms with Crippen LogP contribution in [0.3, 0.4) is 0 Å². The Bertz CT molecular complexity index is 399. The molecule has 0 radical (unpaired) electrons. The molecule has 1 aromatic carbocycles. The van der Waals surface area contributed by atoms with Gasteiger partial charge in [-0.1, -0.05) is 12.1 Å². The predicted octanol–water partition coefficient (Wildman–Crippen LogP) is 1.75. The van der Waals surface area contributed by atoms with Crippen LogP contribution in [0, 0.1) is 20.8 Å². The Labute approximate surface area is 97.0 Å². The minimum absolute atomic E-state index is 0.0230. The summed E-state index contributed by atoms with van der Waals surface area (Å²) >= 11 is 0. The zero-order valence-corrected chi connectivity index (χ0v) is 10.4. The molecule has 88 valence electrons. The van der Waals surface area contributed by atoms with Gasteiger partial charge in [-0.25, -0.2) is 0 Å². The van der Waals surface area contributed by atoms with Crippen LogP contribution in [0.15, 0.2) is 12.1 Å². The molecule has 0 aliphatic rings. The maximum Gasteiger partial charge on any atom is 0.221 e. The van der Waals surface area contributed by atoms with E-state index in [1.54, 1.807) is 7.05 Å². The molecule has 0 aliphatic heterocycles. The topological polar surface area (TPSA) is 55.1 Å². The summed E-state index contributed by atoms with van der Waals surface area (Å²) in [5.74, 6) is -0.0230. The van der Waals surface area contributed by atoms with Crippen molar-refractivity contribution in [1.82, 2.24) is 5.32 Å². The van der Waals surface area contributed by atoms with E-state index >= 15 is 0 Å². The van der Waals surface area contributed by atoms with Gasteiger partial charge in [-0.2, -0.15) is 0 Å². The van der Waals surface area contributed by atoms with Crippen molar-refractivity contribution >= 4 is 5.91 Å². The fraction of sp³-hybridized carbons (Fsp3) is 0.462. The van der Waals surface area contributed by atoms with Gasteiger partial charge >= 0.3 is 0 Å². The van der Waals surface area contributed by atoms with Gasteiger partial charge in [0.25, 0.3) is 0 Å². The van der Waals surface area contributed by atoms with Crippen molar-refractivity contribution < 1.29 is 4.79 Å². The molecule has 0 aliphatic carbocycles. The van der Waals surface area contributed by atoms with Crippen LogP contribution in [-0.2, 0) is 4.79 Å². The van der Waals surface area contributed by atoms with Crippen LogP contribution in [0.4, 0.5) is 0 Å². The standard InChI is InChI=1S/C13H20N2O/c1-8-5-6-11(10(3)9(8)2)12(14)7-13(16)15-4/h5-6,12H,7,14H2,1-4H3,(H,15,16). The molecular weight excluding hydrogens is 200 g/mol. The molecule has 0 saturated carbocycles. The normalized spacial score (nSPS) is 12.3. The molecule has 3 nitrogen and oxygen atoms in total. The third-order valence-electron chi connectivity index (χ3n) is 3.18. The fourth-order valence-electron chi connectivity index (χ4n) is 1.79. The monoisotopic (exact) mass is 220 g/mol. The first-order valence-electron chi connectivity index (χ1n) is 5.50. The Hall–Kier alpha value is -1.35. The molecule has 1 amide bonds. The zero-order chi connectivity index (χ0) is 12.3. The van der Waals surface area contributed by atoms with Crippen molar-refractivity contribution in [2.75, 3.05) is 7.05 Å². The van der Waals surface area contributed by atoms with Gasteiger partial charge in [0.05, 0.1) is 0 Å². The largest absolute Gasteiger partial charge is 0.359 e. The Balaban J connectivity index is 2.96. The van der Waals surface area contributed by atoms with E-state index in [9.17, 15) is 4.79 Å². The van der Waals surface area contributed by atoms with Crippen LogP contribution in [-0.4, -0.2) is 13.0 Å². The van der Waals surface area contributed by atoms with Crippen molar-refractivity contribution in [3.63, 3.8) is 0 Å². The Morgan fingerprint density at radius 2 is 1.94 bits per heavy atom. The van der Waals surface area contributed by atoms with Crippen molar-refractivity contribution in [3.05, 3.63) is 34.4 Å². The lowest BCUT2D eigenvalue weighted by molar-refractivity contribution is -0.120. The van der Waals surface area contributed by atoms with E-state index in [-0.39, 0.29) is 11.9 Å². The lowest BCUT2D eigenvalue weighted by atomic mass is 9.93. The summed E-state index contributed by atoms with van der Waals surface area (Å²) in [5.41, 5.74) is 10.8. The van der Waals surface area contributed by atoms with Crippen LogP contribution < -0.4 is 11.1 Å². The molecule has 0 aromatic heterocycles. The maximum absolute atomic E-state index is 11.3.